The topological polar surface area (TPSA) is 0 Å². The first kappa shape index (κ1) is 29.6. The van der Waals surface area contributed by atoms with Crippen LogP contribution in [0.5, 0.6) is 0 Å². The van der Waals surface area contributed by atoms with Crippen LogP contribution in [0.2, 0.25) is 0 Å². The molecule has 0 fully saturated rings. The second-order valence-corrected chi connectivity index (χ2v) is 0. The van der Waals surface area contributed by atoms with Gasteiger partial charge < -0.3 is 11.4 Å². The summed E-state index contributed by atoms with van der Waals surface area (Å²) in [6, 6.07) is 0. The van der Waals surface area contributed by atoms with Gasteiger partial charge >= 0.3 is 216 Å². The summed E-state index contributed by atoms with van der Waals surface area (Å²) in [5, 5.41) is 0. The van der Waals surface area contributed by atoms with E-state index in [0.717, 1.165) is 0 Å². The van der Waals surface area contributed by atoms with Gasteiger partial charge in [0.05, 0.1) is 0 Å². The molecule has 0 radical (unpaired) electrons. The molecule has 0 amide bonds. The van der Waals surface area contributed by atoms with Crippen LogP contribution < -0.4 is 103 Å². The Balaban J connectivity index is 0. The zero-order valence-electron chi connectivity index (χ0n) is 12.1. The van der Waals surface area contributed by atoms with Gasteiger partial charge in [-0.05, 0) is 0 Å². The molecule has 0 spiro atoms. The molecule has 0 aliphatic heterocycles. The SMILES string of the molecule is [Ca+2].[Ca+2].[Ca+2].[H-].[H-].[H-].[H-].[H-].[H-].[H-].[H-].[K+].[K+]. The van der Waals surface area contributed by atoms with E-state index in [1.54, 1.807) is 0 Å². The molecule has 0 aromatic heterocycles. The molecule has 0 aliphatic carbocycles. The van der Waals surface area contributed by atoms with E-state index >= 15 is 0 Å². The quantitative estimate of drug-likeness (QED) is 0.346. The van der Waals surface area contributed by atoms with Crippen molar-refractivity contribution in [2.75, 3.05) is 0 Å². The van der Waals surface area contributed by atoms with Crippen molar-refractivity contribution in [3.05, 3.63) is 0 Å². The first-order valence-corrected chi connectivity index (χ1v) is 0. The summed E-state index contributed by atoms with van der Waals surface area (Å²) in [5.41, 5.74) is 0. The number of rotatable bonds is 0. The van der Waals surface area contributed by atoms with Crippen LogP contribution in [0.25, 0.3) is 0 Å². The molecule has 0 heterocycles. The Labute approximate surface area is 219 Å². The molecule has 0 bridgehead atoms. The Morgan fingerprint density at radius 2 is 0.600 bits per heavy atom. The van der Waals surface area contributed by atoms with Gasteiger partial charge in [0, 0.05) is 0 Å². The van der Waals surface area contributed by atoms with Crippen LogP contribution in [0.1, 0.15) is 11.4 Å². The molecule has 5 heavy (non-hydrogen) atoms. The van der Waals surface area contributed by atoms with E-state index in [2.05, 4.69) is 0 Å². The van der Waals surface area contributed by atoms with Crippen LogP contribution in [0, 0.1) is 0 Å². The standard InChI is InChI=1S/3Ca.2K.8H/q3*+2;2*+1;8*-1. The largest absolute Gasteiger partial charge is 2.00 e. The average molecular weight is 206 g/mol. The van der Waals surface area contributed by atoms with E-state index in [-0.39, 0.29) is 227 Å². The molecule has 0 rings (SSSR count). The molecule has 0 unspecified atom stereocenters. The van der Waals surface area contributed by atoms with E-state index in [9.17, 15) is 0 Å². The Morgan fingerprint density at radius 3 is 0.600 bits per heavy atom. The molecule has 5 heteroatoms. The van der Waals surface area contributed by atoms with E-state index in [1.165, 1.54) is 0 Å². The summed E-state index contributed by atoms with van der Waals surface area (Å²) in [5.74, 6) is 0. The Kier molecular flexibility index (Phi) is 133. The fraction of sp³-hybridized carbons (Fsp3) is 0. The fourth-order valence-electron chi connectivity index (χ4n) is 0. The average Bonchev–Trinajstić information content (AvgIpc) is 0. The molecular weight excluding hydrogens is 198 g/mol. The normalized spacial score (nSPS) is 0. The van der Waals surface area contributed by atoms with Crippen molar-refractivity contribution in [2.24, 2.45) is 0 Å². The van der Waals surface area contributed by atoms with Crippen LogP contribution in [-0.2, 0) is 0 Å². The van der Waals surface area contributed by atoms with Crippen molar-refractivity contribution in [1.82, 2.24) is 0 Å². The predicted molar refractivity (Wildman–Crippen MR) is 26.2 cm³/mol. The maximum absolute atomic E-state index is 0. The molecule has 0 saturated heterocycles. The van der Waals surface area contributed by atoms with Gasteiger partial charge in [0.25, 0.3) is 0 Å². The molecule has 16 valence electrons. The fourth-order valence-corrected chi connectivity index (χ4v) is 0. The van der Waals surface area contributed by atoms with Crippen molar-refractivity contribution in [3.63, 3.8) is 0 Å². The van der Waals surface area contributed by atoms with Crippen LogP contribution in [-0.4, -0.2) is 113 Å². The van der Waals surface area contributed by atoms with Gasteiger partial charge in [0.1, 0.15) is 0 Å². The maximum atomic E-state index is 0. The summed E-state index contributed by atoms with van der Waals surface area (Å²) in [6.45, 7) is 0. The Morgan fingerprint density at radius 1 is 0.600 bits per heavy atom. The molecule has 0 nitrogen and oxygen atoms in total. The van der Waals surface area contributed by atoms with Gasteiger partial charge in [-0.1, -0.05) is 0 Å². The summed E-state index contributed by atoms with van der Waals surface area (Å²) in [7, 11) is 0. The molecule has 0 N–H and O–H groups in total. The van der Waals surface area contributed by atoms with Crippen LogP contribution in [0.4, 0.5) is 0 Å². The molecule has 0 aromatic rings. The molecule has 0 saturated carbocycles. The zero-order chi connectivity index (χ0) is 0. The van der Waals surface area contributed by atoms with Gasteiger partial charge in [-0.3, -0.25) is 0 Å². The first-order valence-electron chi connectivity index (χ1n) is 0. The summed E-state index contributed by atoms with van der Waals surface area (Å²) >= 11 is 0. The van der Waals surface area contributed by atoms with Crippen LogP contribution in [0.3, 0.4) is 0 Å². The molecule has 0 aliphatic rings. The maximum Gasteiger partial charge on any atom is 2.00 e. The second kappa shape index (κ2) is 22.5. The van der Waals surface area contributed by atoms with Gasteiger partial charge in [0.15, 0.2) is 0 Å². The minimum absolute atomic E-state index is 0. The van der Waals surface area contributed by atoms with Crippen LogP contribution in [0.15, 0.2) is 0 Å². The van der Waals surface area contributed by atoms with E-state index in [4.69, 9.17) is 0 Å². The Bertz CT molecular complexity index is 17.4. The van der Waals surface area contributed by atoms with E-state index in [1.807, 2.05) is 0 Å². The van der Waals surface area contributed by atoms with Crippen molar-refractivity contribution < 1.29 is 114 Å². The van der Waals surface area contributed by atoms with Gasteiger partial charge in [-0.25, -0.2) is 0 Å². The zero-order valence-corrected chi connectivity index (χ0v) is 17.0. The molecular formula is H8Ca3K2. The smallest absolute Gasteiger partial charge is 1.00 e. The minimum Gasteiger partial charge on any atom is -1.00 e. The predicted octanol–water partition coefficient (Wildman–Crippen LogP) is -6.23. The minimum atomic E-state index is 0. The second-order valence-electron chi connectivity index (χ2n) is 0. The van der Waals surface area contributed by atoms with E-state index < -0.39 is 0 Å². The monoisotopic (exact) mass is 206 g/mol. The van der Waals surface area contributed by atoms with E-state index in [0.29, 0.717) is 0 Å². The number of hydrogen-bond donors (Lipinski definition) is 0. The van der Waals surface area contributed by atoms with Crippen molar-refractivity contribution >= 4 is 113 Å². The van der Waals surface area contributed by atoms with Crippen LogP contribution >= 0.6 is 0 Å². The third-order valence-electron chi connectivity index (χ3n) is 0. The number of hydrogen-bond acceptors (Lipinski definition) is 0. The first-order chi connectivity index (χ1) is 0. The van der Waals surface area contributed by atoms with Crippen molar-refractivity contribution in [3.8, 4) is 0 Å². The van der Waals surface area contributed by atoms with Gasteiger partial charge in [0.2, 0.25) is 0 Å². The molecule has 0 aromatic carbocycles. The summed E-state index contributed by atoms with van der Waals surface area (Å²) in [4.78, 5) is 0. The van der Waals surface area contributed by atoms with Crippen molar-refractivity contribution in [2.45, 2.75) is 0 Å². The third kappa shape index (κ3) is 18.2. The third-order valence-corrected chi connectivity index (χ3v) is 0. The van der Waals surface area contributed by atoms with Crippen molar-refractivity contribution in [1.29, 1.82) is 0 Å². The summed E-state index contributed by atoms with van der Waals surface area (Å²) in [6.07, 6.45) is 0. The molecule has 0 atom stereocenters. The van der Waals surface area contributed by atoms with Gasteiger partial charge in [-0.15, -0.1) is 0 Å². The Hall–Kier alpha value is 7.05. The van der Waals surface area contributed by atoms with Gasteiger partial charge in [-0.2, -0.15) is 0 Å². The summed E-state index contributed by atoms with van der Waals surface area (Å²) < 4.78 is 0.